The van der Waals surface area contributed by atoms with Gasteiger partial charge in [0.2, 0.25) is 0 Å². The third-order valence-electron chi connectivity index (χ3n) is 4.84. The largest absolute Gasteiger partial charge is 1.00 e. The molecule has 38 heavy (non-hydrogen) atoms. The van der Waals surface area contributed by atoms with Crippen molar-refractivity contribution in [2.75, 3.05) is 5.90 Å². The Morgan fingerprint density at radius 1 is 0.368 bits per heavy atom. The minimum atomic E-state index is -0.847. The number of benzene rings is 4. The van der Waals surface area contributed by atoms with Crippen LogP contribution in [0.25, 0.3) is 0 Å². The van der Waals surface area contributed by atoms with E-state index in [-0.39, 0.29) is 59.6 Å². The molecule has 0 aliphatic heterocycles. The molecule has 0 N–H and O–H groups in total. The summed E-state index contributed by atoms with van der Waals surface area (Å²) in [4.78, 5) is 0. The molecule has 4 heteroatoms. The number of hydrogen-bond acceptors (Lipinski definition) is 0. The van der Waals surface area contributed by atoms with Crippen molar-refractivity contribution in [3.63, 3.8) is 0 Å². The van der Waals surface area contributed by atoms with E-state index in [1.165, 1.54) is 27.1 Å². The van der Waals surface area contributed by atoms with Crippen LogP contribution in [0.5, 0.6) is 0 Å². The summed E-state index contributed by atoms with van der Waals surface area (Å²) < 4.78 is 0. The fourth-order valence-electron chi connectivity index (χ4n) is 3.48. The van der Waals surface area contributed by atoms with Gasteiger partial charge in [-0.15, -0.1) is 0 Å². The zero-order valence-electron chi connectivity index (χ0n) is 25.2. The zero-order chi connectivity index (χ0) is 26.3. The predicted octanol–water partition coefficient (Wildman–Crippen LogP) is 9.22. The second-order valence-electron chi connectivity index (χ2n) is 6.60. The monoisotopic (exact) mass is 712 g/mol. The van der Waals surface area contributed by atoms with Gasteiger partial charge in [0.1, 0.15) is 37.1 Å². The van der Waals surface area contributed by atoms with Crippen molar-refractivity contribution in [2.45, 2.75) is 55.4 Å². The molecule has 206 valence electrons. The molecule has 4 rings (SSSR count). The summed E-state index contributed by atoms with van der Waals surface area (Å²) in [5, 5.41) is 6.01. The standard InChI is InChI=1S/C25H22P2.4C2H6.CH3.Ru.Y/c1-5-13-22(14-6-1)26(23-15-7-2-8-16-23)21-27(24-17-9-3-10-18-24)25-19-11-4-12-20-25;4*1-2;;;/h1-20H,21H2;4*1-2H3;1H3;;/q;;;;;-1;+1;/p+2. The summed E-state index contributed by atoms with van der Waals surface area (Å²) in [5.41, 5.74) is 0. The van der Waals surface area contributed by atoms with E-state index in [4.69, 9.17) is 0 Å². The molecule has 0 aliphatic carbocycles. The van der Waals surface area contributed by atoms with Crippen LogP contribution in [0.3, 0.4) is 0 Å². The molecule has 0 nitrogen and oxygen atoms in total. The summed E-state index contributed by atoms with van der Waals surface area (Å²) in [6.45, 7) is 16.0. The van der Waals surface area contributed by atoms with E-state index in [1.807, 2.05) is 55.4 Å². The van der Waals surface area contributed by atoms with Gasteiger partial charge in [-0.25, -0.2) is 0 Å². The molecule has 0 fully saturated rings. The van der Waals surface area contributed by atoms with Gasteiger partial charge < -0.3 is 7.43 Å². The molecule has 0 atom stereocenters. The molecule has 0 aliphatic rings. The molecular formula is C34H51P2RuY+2. The van der Waals surface area contributed by atoms with Crippen LogP contribution in [0, 0.1) is 7.43 Å². The average Bonchev–Trinajstić information content (AvgIpc) is 3.00. The maximum absolute atomic E-state index is 2.32. The normalized spacial score (nSPS) is 8.47. The molecule has 2 radical (unpaired) electrons. The first-order valence-electron chi connectivity index (χ1n) is 13.3. The van der Waals surface area contributed by atoms with E-state index < -0.39 is 15.8 Å². The summed E-state index contributed by atoms with van der Waals surface area (Å²) in [5.74, 6) is 1.25. The van der Waals surface area contributed by atoms with E-state index in [1.54, 1.807) is 0 Å². The first-order chi connectivity index (χ1) is 17.4. The molecule has 4 aromatic carbocycles. The molecule has 0 bridgehead atoms. The molecule has 0 spiro atoms. The van der Waals surface area contributed by atoms with Crippen molar-refractivity contribution >= 4 is 37.1 Å². The second kappa shape index (κ2) is 31.0. The van der Waals surface area contributed by atoms with Crippen molar-refractivity contribution in [3.8, 4) is 0 Å². The smallest absolute Gasteiger partial charge is 0.358 e. The summed E-state index contributed by atoms with van der Waals surface area (Å²) in [6, 6.07) is 44.5. The van der Waals surface area contributed by atoms with Crippen LogP contribution < -0.4 is 21.2 Å². The summed E-state index contributed by atoms with van der Waals surface area (Å²) in [7, 11) is -1.69. The van der Waals surface area contributed by atoms with Gasteiger partial charge in [-0.05, 0) is 48.5 Å². The second-order valence-corrected chi connectivity index (χ2v) is 12.2. The molecule has 0 aromatic heterocycles. The van der Waals surface area contributed by atoms with Crippen LogP contribution >= 0.6 is 15.8 Å². The molecular weight excluding hydrogens is 660 g/mol. The molecule has 0 amide bonds. The predicted molar refractivity (Wildman–Crippen MR) is 178 cm³/mol. The first-order valence-corrected chi connectivity index (χ1v) is 16.8. The quantitative estimate of drug-likeness (QED) is 0.106. The van der Waals surface area contributed by atoms with Crippen LogP contribution in [0.1, 0.15) is 55.4 Å². The maximum atomic E-state index is 2.32. The van der Waals surface area contributed by atoms with Gasteiger partial charge in [0.05, 0.1) is 0 Å². The Labute approximate surface area is 277 Å². The van der Waals surface area contributed by atoms with Crippen molar-refractivity contribution in [2.24, 2.45) is 0 Å². The third kappa shape index (κ3) is 15.9. The summed E-state index contributed by atoms with van der Waals surface area (Å²) in [6.07, 6.45) is 0. The van der Waals surface area contributed by atoms with Gasteiger partial charge in [-0.1, -0.05) is 128 Å². The summed E-state index contributed by atoms with van der Waals surface area (Å²) >= 11 is 0. The number of hydrogen-bond donors (Lipinski definition) is 0. The Morgan fingerprint density at radius 2 is 0.526 bits per heavy atom. The van der Waals surface area contributed by atoms with Crippen molar-refractivity contribution in [1.82, 2.24) is 0 Å². The van der Waals surface area contributed by atoms with E-state index in [2.05, 4.69) is 121 Å². The van der Waals surface area contributed by atoms with Gasteiger partial charge in [0.25, 0.3) is 0 Å². The third-order valence-corrected chi connectivity index (χ3v) is 11.8. The van der Waals surface area contributed by atoms with Gasteiger partial charge in [-0.3, -0.25) is 0 Å². The molecule has 0 saturated carbocycles. The zero-order valence-corrected chi connectivity index (χ0v) is 31.8. The average molecular weight is 712 g/mol. The Balaban J connectivity index is -0.000000483. The minimum absolute atomic E-state index is 0. The van der Waals surface area contributed by atoms with Crippen molar-refractivity contribution < 1.29 is 52.2 Å². The van der Waals surface area contributed by atoms with Crippen LogP contribution in [0.2, 0.25) is 0 Å². The Morgan fingerprint density at radius 3 is 0.684 bits per heavy atom. The van der Waals surface area contributed by atoms with E-state index in [0.29, 0.717) is 0 Å². The van der Waals surface area contributed by atoms with E-state index in [0.717, 1.165) is 0 Å². The molecule has 0 heterocycles. The van der Waals surface area contributed by atoms with Crippen LogP contribution in [0.4, 0.5) is 0 Å². The van der Waals surface area contributed by atoms with Crippen molar-refractivity contribution in [3.05, 3.63) is 129 Å². The minimum Gasteiger partial charge on any atom is -0.358 e. The molecule has 0 saturated heterocycles. The topological polar surface area (TPSA) is 0 Å². The van der Waals surface area contributed by atoms with E-state index in [9.17, 15) is 0 Å². The molecule has 4 aromatic rings. The fraction of sp³-hybridized carbons (Fsp3) is 0.265. The van der Waals surface area contributed by atoms with Crippen LogP contribution in [-0.4, -0.2) is 5.90 Å². The van der Waals surface area contributed by atoms with Gasteiger partial charge >= 0.3 is 19.5 Å². The molecule has 0 unspecified atom stereocenters. The maximum Gasteiger partial charge on any atom is 1.00 e. The number of rotatable bonds is 6. The van der Waals surface area contributed by atoms with Gasteiger partial charge in [0, 0.05) is 32.7 Å². The van der Waals surface area contributed by atoms with Crippen LogP contribution in [-0.2, 0) is 52.2 Å². The Bertz CT molecular complexity index is 793. The Hall–Kier alpha value is -0.533. The van der Waals surface area contributed by atoms with E-state index >= 15 is 0 Å². The Kier molecular flexibility index (Phi) is 36.3. The SMILES string of the molecule is CC.CC.CC.CC.[CH3-].[Ru+].[Y].c1ccc([PH+](C[PH+](c2ccccc2)c2ccccc2)c2ccccc2)cc1. The fourth-order valence-corrected chi connectivity index (χ4v) is 11.2. The van der Waals surface area contributed by atoms with Crippen LogP contribution in [0.15, 0.2) is 121 Å². The first kappa shape index (κ1) is 44.5. The van der Waals surface area contributed by atoms with Crippen molar-refractivity contribution in [1.29, 1.82) is 0 Å². The van der Waals surface area contributed by atoms with Gasteiger partial charge in [-0.2, -0.15) is 0 Å². The van der Waals surface area contributed by atoms with Gasteiger partial charge in [0.15, 0.2) is 5.90 Å².